The normalized spacial score (nSPS) is 17.5. The zero-order valence-corrected chi connectivity index (χ0v) is 17.0. The number of carboxylic acids is 1. The van der Waals surface area contributed by atoms with Crippen LogP contribution in [0.3, 0.4) is 0 Å². The molecule has 1 unspecified atom stereocenters. The number of nitrogens with one attached hydrogen (secondary N) is 1. The van der Waals surface area contributed by atoms with Gasteiger partial charge in [0.25, 0.3) is 0 Å². The van der Waals surface area contributed by atoms with Gasteiger partial charge in [-0.25, -0.2) is 9.59 Å². The van der Waals surface area contributed by atoms with E-state index < -0.39 is 18.1 Å². The number of hydrogen-bond acceptors (Lipinski definition) is 5. The fraction of sp³-hybridized carbons (Fsp3) is 0.348. The van der Waals surface area contributed by atoms with Gasteiger partial charge in [0, 0.05) is 25.4 Å². The molecule has 2 N–H and O–H groups in total. The first-order valence-electron chi connectivity index (χ1n) is 10.2. The van der Waals surface area contributed by atoms with E-state index >= 15 is 0 Å². The molecule has 0 aromatic heterocycles. The topological polar surface area (TPSA) is 105 Å². The van der Waals surface area contributed by atoms with Gasteiger partial charge in [0.2, 0.25) is 5.91 Å². The maximum atomic E-state index is 12.4. The zero-order chi connectivity index (χ0) is 21.8. The number of hydrogen-bond donors (Lipinski definition) is 2. The first-order valence-corrected chi connectivity index (χ1v) is 10.2. The van der Waals surface area contributed by atoms with Gasteiger partial charge >= 0.3 is 12.1 Å². The Hall–Kier alpha value is -3.39. The molecule has 1 atom stereocenters. The highest BCUT2D eigenvalue weighted by Crippen LogP contribution is 2.44. The Balaban J connectivity index is 1.28. The van der Waals surface area contributed by atoms with Crippen molar-refractivity contribution in [2.45, 2.75) is 18.4 Å². The van der Waals surface area contributed by atoms with Gasteiger partial charge in [-0.2, -0.15) is 0 Å². The highest BCUT2D eigenvalue weighted by Gasteiger charge is 2.32. The van der Waals surface area contributed by atoms with Crippen molar-refractivity contribution in [3.63, 3.8) is 0 Å². The van der Waals surface area contributed by atoms with E-state index in [0.717, 1.165) is 22.3 Å². The Morgan fingerprint density at radius 2 is 1.71 bits per heavy atom. The van der Waals surface area contributed by atoms with E-state index in [2.05, 4.69) is 17.4 Å². The third-order valence-corrected chi connectivity index (χ3v) is 5.69. The molecule has 1 aliphatic heterocycles. The zero-order valence-electron chi connectivity index (χ0n) is 17.0. The average molecular weight is 424 g/mol. The van der Waals surface area contributed by atoms with Crippen molar-refractivity contribution < 1.29 is 29.0 Å². The van der Waals surface area contributed by atoms with Gasteiger partial charge in [0.05, 0.1) is 13.2 Å². The van der Waals surface area contributed by atoms with Crippen LogP contribution >= 0.6 is 0 Å². The molecule has 2 aromatic rings. The van der Waals surface area contributed by atoms with Gasteiger partial charge in [-0.05, 0) is 22.3 Å². The summed E-state index contributed by atoms with van der Waals surface area (Å²) in [5.41, 5.74) is 4.55. The number of nitrogens with zero attached hydrogens (tertiary/aromatic N) is 1. The molecular weight excluding hydrogens is 400 g/mol. The summed E-state index contributed by atoms with van der Waals surface area (Å²) < 4.78 is 10.6. The predicted octanol–water partition coefficient (Wildman–Crippen LogP) is 2.23. The van der Waals surface area contributed by atoms with Crippen molar-refractivity contribution in [1.29, 1.82) is 0 Å². The summed E-state index contributed by atoms with van der Waals surface area (Å²) in [6.45, 7) is 0.758. The second-order valence-corrected chi connectivity index (χ2v) is 7.52. The highest BCUT2D eigenvalue weighted by atomic mass is 16.5. The van der Waals surface area contributed by atoms with Crippen molar-refractivity contribution in [2.75, 3.05) is 32.9 Å². The molecule has 0 bridgehead atoms. The number of alkyl carbamates (subject to hydrolysis) is 1. The Kier molecular flexibility index (Phi) is 6.18. The van der Waals surface area contributed by atoms with Crippen LogP contribution in [0.5, 0.6) is 0 Å². The lowest BCUT2D eigenvalue weighted by Crippen LogP contribution is -2.53. The summed E-state index contributed by atoms with van der Waals surface area (Å²) in [6, 6.07) is 15.2. The summed E-state index contributed by atoms with van der Waals surface area (Å²) >= 11 is 0. The number of morpholine rings is 1. The largest absolute Gasteiger partial charge is 0.480 e. The molecule has 8 heteroatoms. The van der Waals surface area contributed by atoms with Crippen LogP contribution < -0.4 is 5.32 Å². The number of amides is 2. The molecule has 4 rings (SSSR count). The summed E-state index contributed by atoms with van der Waals surface area (Å²) in [5, 5.41) is 11.8. The first kappa shape index (κ1) is 20.9. The van der Waals surface area contributed by atoms with Gasteiger partial charge in [0.1, 0.15) is 6.61 Å². The second-order valence-electron chi connectivity index (χ2n) is 7.52. The molecule has 0 saturated carbocycles. The standard InChI is InChI=1S/C23H24N2O6/c26-21(25-11-12-30-14-20(25)22(27)28)9-10-24-23(29)31-13-19-17-7-3-1-5-15(17)16-6-2-4-8-18(16)19/h1-8,19-20H,9-14H2,(H,24,29)(H,27,28). The van der Waals surface area contributed by atoms with Gasteiger partial charge in [-0.3, -0.25) is 4.79 Å². The minimum Gasteiger partial charge on any atom is -0.480 e. The average Bonchev–Trinajstić information content (AvgIpc) is 3.11. The molecular formula is C23H24N2O6. The lowest BCUT2D eigenvalue weighted by molar-refractivity contribution is -0.158. The van der Waals surface area contributed by atoms with E-state index in [9.17, 15) is 19.5 Å². The lowest BCUT2D eigenvalue weighted by Gasteiger charge is -2.32. The van der Waals surface area contributed by atoms with Crippen LogP contribution in [-0.2, 0) is 19.1 Å². The molecule has 2 amide bonds. The van der Waals surface area contributed by atoms with Crippen LogP contribution in [0.15, 0.2) is 48.5 Å². The minimum atomic E-state index is -1.10. The van der Waals surface area contributed by atoms with Gasteiger partial charge in [-0.1, -0.05) is 48.5 Å². The monoisotopic (exact) mass is 424 g/mol. The van der Waals surface area contributed by atoms with Gasteiger partial charge in [0.15, 0.2) is 6.04 Å². The van der Waals surface area contributed by atoms with E-state index in [1.807, 2.05) is 36.4 Å². The molecule has 31 heavy (non-hydrogen) atoms. The van der Waals surface area contributed by atoms with Crippen LogP contribution in [-0.4, -0.2) is 66.9 Å². The van der Waals surface area contributed by atoms with Gasteiger partial charge in [-0.15, -0.1) is 0 Å². The molecule has 0 radical (unpaired) electrons. The van der Waals surface area contributed by atoms with E-state index in [4.69, 9.17) is 9.47 Å². The van der Waals surface area contributed by atoms with Gasteiger partial charge < -0.3 is 24.8 Å². The SMILES string of the molecule is O=C(NCCC(=O)N1CCOCC1C(=O)O)OCC1c2ccccc2-c2ccccc21. The first-order chi connectivity index (χ1) is 15.1. The van der Waals surface area contributed by atoms with Crippen molar-refractivity contribution in [1.82, 2.24) is 10.2 Å². The summed E-state index contributed by atoms with van der Waals surface area (Å²) in [5.74, 6) is -1.48. The fourth-order valence-electron chi connectivity index (χ4n) is 4.17. The fourth-order valence-corrected chi connectivity index (χ4v) is 4.17. The van der Waals surface area contributed by atoms with Crippen molar-refractivity contribution in [3.8, 4) is 11.1 Å². The lowest BCUT2D eigenvalue weighted by atomic mass is 9.98. The molecule has 2 aliphatic rings. The number of rotatable bonds is 6. The van der Waals surface area contributed by atoms with Crippen LogP contribution in [0, 0.1) is 0 Å². The highest BCUT2D eigenvalue weighted by molar-refractivity contribution is 5.84. The maximum absolute atomic E-state index is 12.4. The second kappa shape index (κ2) is 9.18. The van der Waals surface area contributed by atoms with E-state index in [1.54, 1.807) is 0 Å². The van der Waals surface area contributed by atoms with Crippen LogP contribution in [0.1, 0.15) is 23.5 Å². The number of aliphatic carboxylic acids is 1. The molecule has 1 heterocycles. The summed E-state index contributed by atoms with van der Waals surface area (Å²) in [4.78, 5) is 37.1. The number of benzene rings is 2. The minimum absolute atomic E-state index is 0.00598. The molecule has 8 nitrogen and oxygen atoms in total. The quantitative estimate of drug-likeness (QED) is 0.737. The molecule has 0 spiro atoms. The third kappa shape index (κ3) is 4.39. The Morgan fingerprint density at radius 1 is 1.06 bits per heavy atom. The van der Waals surface area contributed by atoms with Crippen LogP contribution in [0.25, 0.3) is 11.1 Å². The molecule has 2 aromatic carbocycles. The number of carbonyl (C=O) groups excluding carboxylic acids is 2. The molecule has 162 valence electrons. The number of fused-ring (bicyclic) bond motifs is 3. The predicted molar refractivity (Wildman–Crippen MR) is 112 cm³/mol. The number of ether oxygens (including phenoxy) is 2. The Labute approximate surface area is 179 Å². The summed E-state index contributed by atoms with van der Waals surface area (Å²) in [6.07, 6.45) is -0.611. The van der Waals surface area contributed by atoms with Crippen molar-refractivity contribution >= 4 is 18.0 Å². The van der Waals surface area contributed by atoms with E-state index in [1.165, 1.54) is 4.90 Å². The van der Waals surface area contributed by atoms with E-state index in [0.29, 0.717) is 6.61 Å². The van der Waals surface area contributed by atoms with Crippen molar-refractivity contribution in [3.05, 3.63) is 59.7 Å². The van der Waals surface area contributed by atoms with Crippen LogP contribution in [0.2, 0.25) is 0 Å². The van der Waals surface area contributed by atoms with E-state index in [-0.39, 0.29) is 44.5 Å². The Bertz CT molecular complexity index is 946. The van der Waals surface area contributed by atoms with Crippen molar-refractivity contribution in [2.24, 2.45) is 0 Å². The molecule has 1 fully saturated rings. The Morgan fingerprint density at radius 3 is 2.35 bits per heavy atom. The molecule has 1 aliphatic carbocycles. The smallest absolute Gasteiger partial charge is 0.407 e. The third-order valence-electron chi connectivity index (χ3n) is 5.69. The summed E-state index contributed by atoms with van der Waals surface area (Å²) in [7, 11) is 0. The number of carbonyl (C=O) groups is 3. The van der Waals surface area contributed by atoms with Crippen LogP contribution in [0.4, 0.5) is 4.79 Å². The number of carboxylic acid groups (broad SMARTS) is 1. The maximum Gasteiger partial charge on any atom is 0.407 e. The molecule has 1 saturated heterocycles.